The maximum atomic E-state index is 12.4. The molecule has 1 heterocycles. The molecular weight excluding hydrogens is 304 g/mol. The number of nitrogens with zero attached hydrogens (tertiary/aromatic N) is 1. The number of urea groups is 1. The van der Waals surface area contributed by atoms with Crippen LogP contribution in [0, 0.1) is 0 Å². The van der Waals surface area contributed by atoms with Crippen LogP contribution < -0.4 is 10.2 Å². The first-order valence-electron chi connectivity index (χ1n) is 7.99. The van der Waals surface area contributed by atoms with Gasteiger partial charge in [-0.3, -0.25) is 14.9 Å². The third-order valence-electron chi connectivity index (χ3n) is 4.44. The number of anilines is 1. The van der Waals surface area contributed by atoms with E-state index in [1.807, 2.05) is 12.1 Å². The van der Waals surface area contributed by atoms with Gasteiger partial charge in [0, 0.05) is 5.56 Å². The van der Waals surface area contributed by atoms with Crippen molar-refractivity contribution >= 4 is 23.5 Å². The molecule has 0 radical (unpaired) electrons. The molecule has 4 amide bonds. The fraction of sp³-hybridized carbons (Fsp3) is 0.211. The van der Waals surface area contributed by atoms with E-state index in [0.29, 0.717) is 17.2 Å². The highest BCUT2D eigenvalue weighted by Gasteiger charge is 2.34. The molecule has 120 valence electrons. The van der Waals surface area contributed by atoms with Crippen LogP contribution in [0.5, 0.6) is 0 Å². The minimum absolute atomic E-state index is 0.197. The van der Waals surface area contributed by atoms with E-state index in [9.17, 15) is 14.4 Å². The predicted molar refractivity (Wildman–Crippen MR) is 88.9 cm³/mol. The Hall–Kier alpha value is -2.95. The highest BCUT2D eigenvalue weighted by atomic mass is 16.2. The zero-order chi connectivity index (χ0) is 16.7. The summed E-state index contributed by atoms with van der Waals surface area (Å²) in [4.78, 5) is 37.8. The summed E-state index contributed by atoms with van der Waals surface area (Å²) in [6.45, 7) is 0. The summed E-state index contributed by atoms with van der Waals surface area (Å²) in [6, 6.07) is 13.5. The molecule has 0 aromatic heterocycles. The minimum Gasteiger partial charge on any atom is -0.274 e. The summed E-state index contributed by atoms with van der Waals surface area (Å²) >= 11 is 0. The van der Waals surface area contributed by atoms with Gasteiger partial charge in [0.2, 0.25) is 5.91 Å². The van der Waals surface area contributed by atoms with E-state index < -0.39 is 11.9 Å². The number of amides is 4. The Balaban J connectivity index is 1.55. The molecule has 1 fully saturated rings. The van der Waals surface area contributed by atoms with Gasteiger partial charge in [0.05, 0.1) is 12.1 Å². The summed E-state index contributed by atoms with van der Waals surface area (Å²) in [5, 5.41) is 2.29. The molecule has 0 unspecified atom stereocenters. The fourth-order valence-corrected chi connectivity index (χ4v) is 3.05. The van der Waals surface area contributed by atoms with Crippen LogP contribution in [0.25, 0.3) is 0 Å². The van der Waals surface area contributed by atoms with Crippen LogP contribution in [0.2, 0.25) is 0 Å². The molecular formula is C19H16N2O3. The Labute approximate surface area is 139 Å². The zero-order valence-electron chi connectivity index (χ0n) is 13.0. The number of fused-ring (bicyclic) bond motifs is 1. The minimum atomic E-state index is -0.702. The first-order valence-corrected chi connectivity index (χ1v) is 7.99. The lowest BCUT2D eigenvalue weighted by Crippen LogP contribution is -2.44. The van der Waals surface area contributed by atoms with Gasteiger partial charge in [0.1, 0.15) is 0 Å². The predicted octanol–water partition coefficient (Wildman–Crippen LogP) is 3.00. The van der Waals surface area contributed by atoms with Crippen molar-refractivity contribution in [1.29, 1.82) is 0 Å². The zero-order valence-corrected chi connectivity index (χ0v) is 13.0. The van der Waals surface area contributed by atoms with Gasteiger partial charge < -0.3 is 0 Å². The van der Waals surface area contributed by atoms with Crippen molar-refractivity contribution in [2.45, 2.75) is 25.2 Å². The topological polar surface area (TPSA) is 66.5 Å². The van der Waals surface area contributed by atoms with Gasteiger partial charge in [-0.25, -0.2) is 9.69 Å². The number of rotatable bonds is 2. The summed E-state index contributed by atoms with van der Waals surface area (Å²) < 4.78 is 0. The molecule has 2 aromatic carbocycles. The average Bonchev–Trinajstić information content (AvgIpc) is 3.37. The lowest BCUT2D eigenvalue weighted by molar-refractivity contribution is -0.116. The summed E-state index contributed by atoms with van der Waals surface area (Å²) in [5.41, 5.74) is 3.03. The van der Waals surface area contributed by atoms with Crippen molar-refractivity contribution in [2.75, 3.05) is 4.90 Å². The molecule has 0 bridgehead atoms. The number of benzene rings is 2. The summed E-state index contributed by atoms with van der Waals surface area (Å²) in [7, 11) is 0. The van der Waals surface area contributed by atoms with Gasteiger partial charge in [0.25, 0.3) is 5.91 Å². The highest BCUT2D eigenvalue weighted by molar-refractivity contribution is 6.22. The molecule has 2 aromatic rings. The quantitative estimate of drug-likeness (QED) is 0.925. The number of hydrogen-bond acceptors (Lipinski definition) is 3. The second-order valence-electron chi connectivity index (χ2n) is 6.19. The van der Waals surface area contributed by atoms with Crippen LogP contribution in [-0.2, 0) is 11.2 Å². The van der Waals surface area contributed by atoms with E-state index in [2.05, 4.69) is 5.32 Å². The Bertz CT molecular complexity index is 841. The summed E-state index contributed by atoms with van der Waals surface area (Å²) in [6.07, 6.45) is 2.56. The number of carbonyl (C=O) groups excluding carboxylic acids is 3. The van der Waals surface area contributed by atoms with Crippen LogP contribution in [0.1, 0.15) is 40.2 Å². The van der Waals surface area contributed by atoms with Crippen molar-refractivity contribution in [3.05, 3.63) is 65.2 Å². The van der Waals surface area contributed by atoms with E-state index in [1.165, 1.54) is 18.4 Å². The molecule has 0 spiro atoms. The van der Waals surface area contributed by atoms with Gasteiger partial charge >= 0.3 is 6.03 Å². The molecule has 2 aliphatic rings. The Morgan fingerprint density at radius 1 is 1.04 bits per heavy atom. The fourth-order valence-electron chi connectivity index (χ4n) is 3.05. The van der Waals surface area contributed by atoms with Crippen LogP contribution >= 0.6 is 0 Å². The Kier molecular flexibility index (Phi) is 3.41. The third-order valence-corrected chi connectivity index (χ3v) is 4.44. The molecule has 5 nitrogen and oxygen atoms in total. The van der Waals surface area contributed by atoms with Crippen LogP contribution in [-0.4, -0.2) is 17.8 Å². The number of nitrogens with one attached hydrogen (secondary N) is 1. The highest BCUT2D eigenvalue weighted by Crippen LogP contribution is 2.42. The van der Waals surface area contributed by atoms with Gasteiger partial charge in [-0.15, -0.1) is 0 Å². The van der Waals surface area contributed by atoms with E-state index in [4.69, 9.17) is 0 Å². The van der Waals surface area contributed by atoms with Crippen molar-refractivity contribution < 1.29 is 14.4 Å². The SMILES string of the molecule is O=C(NC(=O)N1C(=O)Cc2cc(C3CC3)ccc21)c1ccccc1. The van der Waals surface area contributed by atoms with E-state index in [1.54, 1.807) is 36.4 Å². The van der Waals surface area contributed by atoms with Crippen LogP contribution in [0.4, 0.5) is 10.5 Å². The second kappa shape index (κ2) is 5.60. The van der Waals surface area contributed by atoms with E-state index in [0.717, 1.165) is 10.5 Å². The Morgan fingerprint density at radius 3 is 2.50 bits per heavy atom. The van der Waals surface area contributed by atoms with Crippen molar-refractivity contribution in [3.63, 3.8) is 0 Å². The average molecular weight is 320 g/mol. The molecule has 1 aliphatic carbocycles. The third kappa shape index (κ3) is 2.58. The van der Waals surface area contributed by atoms with Gasteiger partial charge in [-0.05, 0) is 48.1 Å². The maximum absolute atomic E-state index is 12.4. The maximum Gasteiger partial charge on any atom is 0.335 e. The molecule has 1 aliphatic heterocycles. The smallest absolute Gasteiger partial charge is 0.274 e. The number of hydrogen-bond donors (Lipinski definition) is 1. The van der Waals surface area contributed by atoms with E-state index in [-0.39, 0.29) is 12.3 Å². The Morgan fingerprint density at radius 2 is 1.79 bits per heavy atom. The molecule has 1 N–H and O–H groups in total. The molecule has 4 rings (SSSR count). The second-order valence-corrected chi connectivity index (χ2v) is 6.19. The molecule has 0 atom stereocenters. The largest absolute Gasteiger partial charge is 0.335 e. The van der Waals surface area contributed by atoms with Crippen molar-refractivity contribution in [2.24, 2.45) is 0 Å². The first-order chi connectivity index (χ1) is 11.6. The standard InChI is InChI=1S/C19H16N2O3/c22-17-11-15-10-14(12-6-7-12)8-9-16(15)21(17)19(24)20-18(23)13-4-2-1-3-5-13/h1-5,8-10,12H,6-7,11H2,(H,20,23,24). The monoisotopic (exact) mass is 320 g/mol. The molecule has 5 heteroatoms. The number of carbonyl (C=O) groups is 3. The van der Waals surface area contributed by atoms with Crippen LogP contribution in [0.15, 0.2) is 48.5 Å². The molecule has 0 saturated heterocycles. The van der Waals surface area contributed by atoms with Crippen molar-refractivity contribution in [3.8, 4) is 0 Å². The van der Waals surface area contributed by atoms with Crippen LogP contribution in [0.3, 0.4) is 0 Å². The van der Waals surface area contributed by atoms with Gasteiger partial charge in [-0.2, -0.15) is 0 Å². The number of imide groups is 2. The lowest BCUT2D eigenvalue weighted by atomic mass is 10.1. The normalized spacial score (nSPS) is 16.0. The lowest BCUT2D eigenvalue weighted by Gasteiger charge is -2.16. The van der Waals surface area contributed by atoms with Gasteiger partial charge in [-0.1, -0.05) is 30.3 Å². The first kappa shape index (κ1) is 14.6. The molecule has 24 heavy (non-hydrogen) atoms. The molecule has 1 saturated carbocycles. The van der Waals surface area contributed by atoms with Crippen molar-refractivity contribution in [1.82, 2.24) is 5.32 Å². The van der Waals surface area contributed by atoms with Gasteiger partial charge in [0.15, 0.2) is 0 Å². The van der Waals surface area contributed by atoms with E-state index >= 15 is 0 Å². The summed E-state index contributed by atoms with van der Waals surface area (Å²) in [5.74, 6) is -0.235.